The molecule has 2 N–H and O–H groups in total. The van der Waals surface area contributed by atoms with E-state index in [4.69, 9.17) is 12.2 Å². The third-order valence-corrected chi connectivity index (χ3v) is 3.30. The fourth-order valence-electron chi connectivity index (χ4n) is 1.78. The number of amides is 1. The maximum Gasteiger partial charge on any atom is 0.269 e. The van der Waals surface area contributed by atoms with E-state index < -0.39 is 0 Å². The van der Waals surface area contributed by atoms with Gasteiger partial charge in [-0.05, 0) is 61.0 Å². The van der Waals surface area contributed by atoms with Gasteiger partial charge >= 0.3 is 0 Å². The molecule has 116 valence electrons. The van der Waals surface area contributed by atoms with Gasteiger partial charge in [0.15, 0.2) is 5.11 Å². The number of carbonyl (C=O) groups excluding carboxylic acids is 1. The number of aryl methyl sites for hydroxylation is 3. The summed E-state index contributed by atoms with van der Waals surface area (Å²) < 4.78 is 0. The van der Waals surface area contributed by atoms with Gasteiger partial charge in [0.25, 0.3) is 11.9 Å². The fraction of sp³-hybridized carbons (Fsp3) is 0.357. The summed E-state index contributed by atoms with van der Waals surface area (Å²) in [6, 6.07) is 5.48. The highest BCUT2D eigenvalue weighted by molar-refractivity contribution is 7.80. The first-order chi connectivity index (χ1) is 10.5. The van der Waals surface area contributed by atoms with Crippen LogP contribution in [0, 0.1) is 13.8 Å². The first kappa shape index (κ1) is 16.0. The molecule has 1 amide bonds. The number of nitrogens with one attached hydrogen (secondary N) is 2. The van der Waals surface area contributed by atoms with Gasteiger partial charge in [-0.3, -0.25) is 15.4 Å². The van der Waals surface area contributed by atoms with Crippen molar-refractivity contribution in [2.75, 3.05) is 5.32 Å². The van der Waals surface area contributed by atoms with E-state index in [0.29, 0.717) is 12.1 Å². The highest BCUT2D eigenvalue weighted by atomic mass is 32.1. The van der Waals surface area contributed by atoms with Crippen molar-refractivity contribution in [1.29, 1.82) is 0 Å². The van der Waals surface area contributed by atoms with Crippen LogP contribution in [0.5, 0.6) is 0 Å². The Hall–Kier alpha value is -2.35. The van der Waals surface area contributed by atoms with Crippen LogP contribution in [0.4, 0.5) is 5.95 Å². The lowest BCUT2D eigenvalue weighted by molar-refractivity contribution is 0.0977. The summed E-state index contributed by atoms with van der Waals surface area (Å²) in [7, 11) is 0. The number of anilines is 1. The minimum Gasteiger partial charge on any atom is -0.299 e. The van der Waals surface area contributed by atoms with Gasteiger partial charge in [0.05, 0.1) is 6.54 Å². The second-order valence-electron chi connectivity index (χ2n) is 4.92. The van der Waals surface area contributed by atoms with Crippen LogP contribution < -0.4 is 10.6 Å². The molecule has 0 aliphatic carbocycles. The van der Waals surface area contributed by atoms with Crippen LogP contribution in [0.2, 0.25) is 0 Å². The molecule has 1 aromatic heterocycles. The Labute approximate surface area is 134 Å². The molecule has 7 nitrogen and oxygen atoms in total. The average molecular weight is 318 g/mol. The molecule has 0 radical (unpaired) electrons. The summed E-state index contributed by atoms with van der Waals surface area (Å²) in [4.78, 5) is 13.6. The molecule has 0 fully saturated rings. The number of rotatable bonds is 4. The van der Waals surface area contributed by atoms with Crippen LogP contribution >= 0.6 is 12.2 Å². The number of tetrazole rings is 1. The molecule has 8 heteroatoms. The molecule has 2 aromatic rings. The van der Waals surface area contributed by atoms with E-state index in [9.17, 15) is 4.79 Å². The van der Waals surface area contributed by atoms with Crippen LogP contribution in [0.15, 0.2) is 18.2 Å². The zero-order valence-electron chi connectivity index (χ0n) is 12.8. The van der Waals surface area contributed by atoms with Crippen molar-refractivity contribution in [3.05, 3.63) is 34.9 Å². The number of hydrogen-bond acceptors (Lipinski definition) is 5. The predicted molar refractivity (Wildman–Crippen MR) is 87.7 cm³/mol. The molecule has 0 bridgehead atoms. The van der Waals surface area contributed by atoms with E-state index in [1.165, 1.54) is 4.80 Å². The fourth-order valence-corrected chi connectivity index (χ4v) is 1.96. The molecule has 0 aliphatic heterocycles. The number of carbonyl (C=O) groups is 1. The Bertz CT molecular complexity index is 696. The zero-order chi connectivity index (χ0) is 16.1. The van der Waals surface area contributed by atoms with Gasteiger partial charge in [-0.25, -0.2) is 0 Å². The molecule has 1 aromatic carbocycles. The maximum atomic E-state index is 12.1. The second-order valence-corrected chi connectivity index (χ2v) is 5.32. The third kappa shape index (κ3) is 4.08. The first-order valence-corrected chi connectivity index (χ1v) is 7.38. The molecule has 0 aliphatic rings. The summed E-state index contributed by atoms with van der Waals surface area (Å²) >= 11 is 5.08. The van der Waals surface area contributed by atoms with E-state index in [0.717, 1.165) is 17.5 Å². The summed E-state index contributed by atoms with van der Waals surface area (Å²) in [5.74, 6) is -0.0135. The Kier molecular flexibility index (Phi) is 5.16. The van der Waals surface area contributed by atoms with Crippen molar-refractivity contribution in [1.82, 2.24) is 25.5 Å². The smallest absolute Gasteiger partial charge is 0.269 e. The van der Waals surface area contributed by atoms with Crippen LogP contribution in [0.3, 0.4) is 0 Å². The minimum atomic E-state index is -0.276. The molecular weight excluding hydrogens is 300 g/mol. The normalized spacial score (nSPS) is 10.3. The molecule has 0 spiro atoms. The van der Waals surface area contributed by atoms with Crippen LogP contribution in [0.1, 0.15) is 34.8 Å². The first-order valence-electron chi connectivity index (χ1n) is 6.97. The van der Waals surface area contributed by atoms with Gasteiger partial charge in [-0.2, -0.15) is 4.80 Å². The molecule has 0 unspecified atom stereocenters. The number of aromatic nitrogens is 4. The Morgan fingerprint density at radius 3 is 2.77 bits per heavy atom. The molecule has 22 heavy (non-hydrogen) atoms. The SMILES string of the molecule is CCCn1nnc(NC(=S)NC(=O)c2ccc(C)c(C)c2)n1. The van der Waals surface area contributed by atoms with Crippen LogP contribution in [-0.4, -0.2) is 31.2 Å². The monoisotopic (exact) mass is 318 g/mol. The van der Waals surface area contributed by atoms with E-state index in [1.54, 1.807) is 6.07 Å². The van der Waals surface area contributed by atoms with Gasteiger partial charge in [0.1, 0.15) is 0 Å². The Morgan fingerprint density at radius 1 is 1.32 bits per heavy atom. The minimum absolute atomic E-state index is 0.138. The standard InChI is InChI=1S/C14H18N6OS/c1-4-7-20-18-13(17-19-20)16-14(22)15-12(21)11-6-5-9(2)10(3)8-11/h5-6,8H,4,7H2,1-3H3,(H2,15,16,18,21,22). The van der Waals surface area contributed by atoms with E-state index in [-0.39, 0.29) is 17.0 Å². The van der Waals surface area contributed by atoms with Gasteiger partial charge < -0.3 is 0 Å². The largest absolute Gasteiger partial charge is 0.299 e. The van der Waals surface area contributed by atoms with Crippen molar-refractivity contribution in [3.8, 4) is 0 Å². The highest BCUT2D eigenvalue weighted by Crippen LogP contribution is 2.09. The number of nitrogens with zero attached hydrogens (tertiary/aromatic N) is 4. The average Bonchev–Trinajstić information content (AvgIpc) is 2.89. The highest BCUT2D eigenvalue weighted by Gasteiger charge is 2.10. The summed E-state index contributed by atoms with van der Waals surface area (Å²) in [5, 5.41) is 17.2. The number of hydrogen-bond donors (Lipinski definition) is 2. The molecule has 1 heterocycles. The lowest BCUT2D eigenvalue weighted by atomic mass is 10.1. The van der Waals surface area contributed by atoms with Gasteiger partial charge in [-0.1, -0.05) is 18.1 Å². The third-order valence-electron chi connectivity index (χ3n) is 3.10. The van der Waals surface area contributed by atoms with Gasteiger partial charge in [0, 0.05) is 5.56 Å². The predicted octanol–water partition coefficient (Wildman–Crippen LogP) is 1.83. The summed E-state index contributed by atoms with van der Waals surface area (Å²) in [6.07, 6.45) is 0.907. The van der Waals surface area contributed by atoms with Gasteiger partial charge in [0.2, 0.25) is 0 Å². The van der Waals surface area contributed by atoms with E-state index >= 15 is 0 Å². The molecule has 2 rings (SSSR count). The van der Waals surface area contributed by atoms with Crippen molar-refractivity contribution in [2.24, 2.45) is 0 Å². The van der Waals surface area contributed by atoms with Crippen molar-refractivity contribution in [2.45, 2.75) is 33.7 Å². The topological polar surface area (TPSA) is 84.7 Å². The van der Waals surface area contributed by atoms with Crippen molar-refractivity contribution in [3.63, 3.8) is 0 Å². The molecule has 0 saturated carbocycles. The zero-order valence-corrected chi connectivity index (χ0v) is 13.6. The van der Waals surface area contributed by atoms with Crippen LogP contribution in [0.25, 0.3) is 0 Å². The van der Waals surface area contributed by atoms with E-state index in [2.05, 4.69) is 26.0 Å². The number of thiocarbonyl (C=S) groups is 1. The van der Waals surface area contributed by atoms with E-state index in [1.807, 2.05) is 32.9 Å². The Morgan fingerprint density at radius 2 is 2.09 bits per heavy atom. The number of benzene rings is 1. The molecule has 0 atom stereocenters. The summed E-state index contributed by atoms with van der Waals surface area (Å²) in [5.41, 5.74) is 2.74. The lowest BCUT2D eigenvalue weighted by Gasteiger charge is -2.08. The second kappa shape index (κ2) is 7.08. The molecular formula is C14H18N6OS. The molecule has 0 saturated heterocycles. The maximum absolute atomic E-state index is 12.1. The Balaban J connectivity index is 1.95. The quantitative estimate of drug-likeness (QED) is 0.837. The summed E-state index contributed by atoms with van der Waals surface area (Å²) in [6.45, 7) is 6.65. The van der Waals surface area contributed by atoms with Crippen LogP contribution in [-0.2, 0) is 6.54 Å². The van der Waals surface area contributed by atoms with Crippen molar-refractivity contribution < 1.29 is 4.79 Å². The van der Waals surface area contributed by atoms with Gasteiger partial charge in [-0.15, -0.1) is 5.10 Å². The lowest BCUT2D eigenvalue weighted by Crippen LogP contribution is -2.34. The van der Waals surface area contributed by atoms with Crippen molar-refractivity contribution >= 4 is 29.2 Å².